The highest BCUT2D eigenvalue weighted by Gasteiger charge is 2.84. The van der Waals surface area contributed by atoms with E-state index in [2.05, 4.69) is 79.6 Å². The predicted octanol–water partition coefficient (Wildman–Crippen LogP) is 6.40. The molecule has 13 nitrogen and oxygen atoms in total. The number of anilines is 1. The largest absolute Gasteiger partial charge is 0.482 e. The number of aliphatic hydroxyl groups is 1. The summed E-state index contributed by atoms with van der Waals surface area (Å²) in [7, 11) is 1.35. The molecule has 9 rings (SSSR count). The van der Waals surface area contributed by atoms with Crippen molar-refractivity contribution in [2.75, 3.05) is 32.3 Å². The van der Waals surface area contributed by atoms with Gasteiger partial charge in [0.15, 0.2) is 17.0 Å². The van der Waals surface area contributed by atoms with Gasteiger partial charge in [-0.05, 0) is 93.2 Å². The van der Waals surface area contributed by atoms with Crippen LogP contribution in [0.5, 0.6) is 17.2 Å². The zero-order valence-electron chi connectivity index (χ0n) is 34.5. The third-order valence-corrected chi connectivity index (χ3v) is 12.7. The third kappa shape index (κ3) is 5.82. The fourth-order valence-corrected chi connectivity index (χ4v) is 10.1. The molecule has 57 heavy (non-hydrogen) atoms. The molecule has 3 aliphatic carbocycles. The smallest absolute Gasteiger partial charge is 0.333 e. The lowest BCUT2D eigenvalue weighted by molar-refractivity contribution is -0.181. The zero-order chi connectivity index (χ0) is 40.7. The number of hydrogen-bond acceptors (Lipinski definition) is 12. The molecule has 3 N–H and O–H groups in total. The second-order valence-corrected chi connectivity index (χ2v) is 17.4. The molecule has 4 aliphatic heterocycles. The van der Waals surface area contributed by atoms with Crippen LogP contribution in [-0.2, 0) is 25.5 Å². The number of aliphatic hydroxyl groups excluding tert-OH is 1. The minimum Gasteiger partial charge on any atom is -0.482 e. The highest BCUT2D eigenvalue weighted by molar-refractivity contribution is 6.02. The van der Waals surface area contributed by atoms with Crippen LogP contribution in [0.2, 0.25) is 0 Å². The molecule has 6 unspecified atom stereocenters. The summed E-state index contributed by atoms with van der Waals surface area (Å²) >= 11 is 0. The van der Waals surface area contributed by atoms with Crippen molar-refractivity contribution in [1.29, 1.82) is 0 Å². The topological polar surface area (TPSA) is 155 Å². The first-order valence-corrected chi connectivity index (χ1v) is 20.0. The summed E-state index contributed by atoms with van der Waals surface area (Å²) in [5, 5.41) is 21.1. The van der Waals surface area contributed by atoms with Crippen LogP contribution in [-0.4, -0.2) is 81.0 Å². The van der Waals surface area contributed by atoms with E-state index in [1.54, 1.807) is 13.0 Å². The Labute approximate surface area is 334 Å². The third-order valence-electron chi connectivity index (χ3n) is 12.7. The highest BCUT2D eigenvalue weighted by atomic mass is 16.6. The van der Waals surface area contributed by atoms with E-state index >= 15 is 4.79 Å². The van der Waals surface area contributed by atoms with Crippen molar-refractivity contribution in [2.45, 2.75) is 116 Å². The first-order chi connectivity index (χ1) is 27.1. The fraction of sp³-hybridized carbons (Fsp3) is 0.545. The molecular weight excluding hydrogens is 727 g/mol. The highest BCUT2D eigenvalue weighted by Crippen LogP contribution is 2.74. The number of carbonyl (C=O) groups is 2. The number of esters is 1. The Morgan fingerprint density at radius 2 is 1.88 bits per heavy atom. The number of ether oxygens (including phenoxy) is 5. The number of fused-ring (bicyclic) bond motifs is 4. The van der Waals surface area contributed by atoms with Gasteiger partial charge in [0.05, 0.1) is 42.2 Å². The summed E-state index contributed by atoms with van der Waals surface area (Å²) in [4.78, 5) is 32.8. The number of hydrogen-bond donors (Lipinski definition) is 3. The van der Waals surface area contributed by atoms with Crippen LogP contribution < -0.4 is 24.8 Å². The van der Waals surface area contributed by atoms with Gasteiger partial charge in [-0.3, -0.25) is 10.1 Å². The standard InChI is InChI=1S/C44H55N5O8/c1-24(2)11-10-16-42(8)17-15-28-35(55-42)27(13-12-25(3)4)37-31(36(28)54-23-45-19-20-50)33-32-34(49-40(48-33)46-22-47-49)29-21-30-41(6,7)57-43(38(29)51,44(30,32)56-37)18-14-26(5)39(52)53-9/h11-12,14-15,17,22,29-30,34,45,50H,10,13,16,18-21,23H2,1-9H3,(H,46,47,48)/b26-14-. The molecule has 1 saturated heterocycles. The summed E-state index contributed by atoms with van der Waals surface area (Å²) in [5.74, 6) is 0.914. The van der Waals surface area contributed by atoms with Gasteiger partial charge in [0.2, 0.25) is 5.95 Å². The van der Waals surface area contributed by atoms with Crippen molar-refractivity contribution >= 4 is 29.5 Å². The van der Waals surface area contributed by atoms with E-state index in [0.29, 0.717) is 53.7 Å². The minimum absolute atomic E-state index is 0.0489. The van der Waals surface area contributed by atoms with Crippen molar-refractivity contribution < 1.29 is 38.4 Å². The maximum Gasteiger partial charge on any atom is 0.333 e. The number of nitrogens with zero attached hydrogens (tertiary/aromatic N) is 3. The number of rotatable bonds is 13. The molecule has 7 aliphatic rings. The van der Waals surface area contributed by atoms with E-state index < -0.39 is 40.3 Å². The van der Waals surface area contributed by atoms with Crippen molar-refractivity contribution in [3.63, 3.8) is 0 Å². The van der Waals surface area contributed by atoms with Gasteiger partial charge in [-0.25, -0.2) is 9.48 Å². The number of aromatic nitrogens is 3. The lowest BCUT2D eigenvalue weighted by Crippen LogP contribution is -2.75. The maximum atomic E-state index is 15.4. The zero-order valence-corrected chi connectivity index (χ0v) is 34.5. The van der Waals surface area contributed by atoms with Crippen LogP contribution in [0.3, 0.4) is 0 Å². The SMILES string of the molecule is COC(=O)/C(C)=C\CC12OC(C)(C)C3CC(C1=O)C1C4=C(Nc5ncnn51)c1c(OCNCCO)c5c(c(CC=C(C)C)c1OC432)OC(C)(CCC=C(C)C)C=C5. The monoisotopic (exact) mass is 781 g/mol. The van der Waals surface area contributed by atoms with Gasteiger partial charge in [0, 0.05) is 41.5 Å². The molecule has 1 spiro atoms. The first-order valence-electron chi connectivity index (χ1n) is 20.0. The van der Waals surface area contributed by atoms with Crippen LogP contribution in [0.1, 0.15) is 104 Å². The van der Waals surface area contributed by atoms with Crippen LogP contribution in [0.4, 0.5) is 5.95 Å². The second kappa shape index (κ2) is 14.0. The molecule has 1 aromatic heterocycles. The van der Waals surface area contributed by atoms with Gasteiger partial charge in [-0.2, -0.15) is 10.1 Å². The number of Topliss-reactive ketones (excluding diaryl/α,β-unsaturated/α-hetero) is 1. The van der Waals surface area contributed by atoms with Crippen molar-refractivity contribution in [3.05, 3.63) is 69.6 Å². The number of ketones is 1. The van der Waals surface area contributed by atoms with Crippen molar-refractivity contribution in [2.24, 2.45) is 11.8 Å². The van der Waals surface area contributed by atoms with Gasteiger partial charge < -0.3 is 34.1 Å². The van der Waals surface area contributed by atoms with Gasteiger partial charge in [0.1, 0.15) is 35.9 Å². The Balaban J connectivity index is 1.43. The van der Waals surface area contributed by atoms with Crippen LogP contribution in [0.25, 0.3) is 11.8 Å². The van der Waals surface area contributed by atoms with Crippen LogP contribution >= 0.6 is 0 Å². The molecule has 2 aromatic rings. The summed E-state index contributed by atoms with van der Waals surface area (Å²) in [5.41, 5.74) is 2.39. The fourth-order valence-electron chi connectivity index (χ4n) is 10.1. The lowest BCUT2D eigenvalue weighted by atomic mass is 9.47. The van der Waals surface area contributed by atoms with Gasteiger partial charge in [-0.15, -0.1) is 0 Å². The number of benzene rings is 1. The second-order valence-electron chi connectivity index (χ2n) is 17.4. The van der Waals surface area contributed by atoms with Crippen LogP contribution in [0, 0.1) is 11.8 Å². The Morgan fingerprint density at radius 3 is 2.60 bits per heavy atom. The number of nitrogens with one attached hydrogen (secondary N) is 2. The summed E-state index contributed by atoms with van der Waals surface area (Å²) in [6.45, 7) is 16.6. The minimum atomic E-state index is -1.50. The van der Waals surface area contributed by atoms with Gasteiger partial charge in [0.25, 0.3) is 0 Å². The van der Waals surface area contributed by atoms with Crippen LogP contribution in [0.15, 0.2) is 52.9 Å². The molecule has 13 heteroatoms. The molecule has 0 radical (unpaired) electrons. The predicted molar refractivity (Wildman–Crippen MR) is 215 cm³/mol. The average molecular weight is 782 g/mol. The molecule has 1 aromatic carbocycles. The first kappa shape index (κ1) is 39.1. The molecular formula is C44H55N5O8. The van der Waals surface area contributed by atoms with E-state index in [9.17, 15) is 9.90 Å². The summed E-state index contributed by atoms with van der Waals surface area (Å²) < 4.78 is 35.7. The molecule has 4 bridgehead atoms. The Bertz CT molecular complexity index is 2190. The molecule has 0 amide bonds. The quantitative estimate of drug-likeness (QED) is 0.0677. The number of allylic oxidation sites excluding steroid dienone is 4. The lowest BCUT2D eigenvalue weighted by Gasteiger charge is -2.62. The van der Waals surface area contributed by atoms with E-state index in [1.165, 1.54) is 19.0 Å². The van der Waals surface area contributed by atoms with Gasteiger partial charge >= 0.3 is 5.97 Å². The molecule has 6 atom stereocenters. The average Bonchev–Trinajstić information content (AvgIpc) is 3.69. The van der Waals surface area contributed by atoms with E-state index in [1.807, 2.05) is 18.5 Å². The Hall–Kier alpha value is -4.72. The number of carbonyl (C=O) groups excluding carboxylic acids is 2. The van der Waals surface area contributed by atoms with E-state index in [0.717, 1.165) is 40.8 Å². The molecule has 304 valence electrons. The van der Waals surface area contributed by atoms with Gasteiger partial charge in [-0.1, -0.05) is 29.4 Å². The summed E-state index contributed by atoms with van der Waals surface area (Å²) in [6, 6.07) is -0.505. The molecule has 4 fully saturated rings. The Kier molecular flexibility index (Phi) is 9.60. The molecule has 3 saturated carbocycles. The number of methoxy groups -OCH3 is 1. The normalized spacial score (nSPS) is 29.3. The molecule has 5 heterocycles. The van der Waals surface area contributed by atoms with Crippen molar-refractivity contribution in [3.8, 4) is 17.2 Å². The summed E-state index contributed by atoms with van der Waals surface area (Å²) in [6.07, 6.45) is 14.5. The maximum absolute atomic E-state index is 15.4. The van der Waals surface area contributed by atoms with Crippen molar-refractivity contribution in [1.82, 2.24) is 20.1 Å². The Morgan fingerprint density at radius 1 is 1.11 bits per heavy atom. The van der Waals surface area contributed by atoms with E-state index in [4.69, 9.17) is 23.7 Å². The van der Waals surface area contributed by atoms with E-state index in [-0.39, 0.29) is 31.5 Å².